The highest BCUT2D eigenvalue weighted by atomic mass is 16.5. The first-order valence-corrected chi connectivity index (χ1v) is 6.03. The van der Waals surface area contributed by atoms with E-state index < -0.39 is 5.91 Å². The van der Waals surface area contributed by atoms with Crippen molar-refractivity contribution in [3.8, 4) is 0 Å². The Bertz CT molecular complexity index is 435. The molecular formula is C13H19N3O3. The summed E-state index contributed by atoms with van der Waals surface area (Å²) in [6, 6.07) is 6.64. The monoisotopic (exact) mass is 265 g/mol. The number of ether oxygens (including phenoxy) is 1. The van der Waals surface area contributed by atoms with E-state index in [1.54, 1.807) is 31.4 Å². The minimum atomic E-state index is -0.566. The lowest BCUT2D eigenvalue weighted by Gasteiger charge is -2.09. The van der Waals surface area contributed by atoms with E-state index >= 15 is 0 Å². The minimum absolute atomic E-state index is 0.177. The number of carbonyl (C=O) groups excluding carboxylic acids is 2. The predicted molar refractivity (Wildman–Crippen MR) is 73.0 cm³/mol. The van der Waals surface area contributed by atoms with Crippen LogP contribution in [-0.2, 0) is 9.53 Å². The number of anilines is 1. The molecule has 1 aromatic carbocycles. The Morgan fingerprint density at radius 3 is 2.74 bits per heavy atom. The van der Waals surface area contributed by atoms with Crippen LogP contribution in [0.15, 0.2) is 24.3 Å². The van der Waals surface area contributed by atoms with E-state index in [1.807, 2.05) is 0 Å². The van der Waals surface area contributed by atoms with E-state index in [9.17, 15) is 9.59 Å². The zero-order valence-electron chi connectivity index (χ0n) is 10.9. The molecule has 2 amide bonds. The van der Waals surface area contributed by atoms with E-state index in [1.165, 1.54) is 0 Å². The third-order valence-electron chi connectivity index (χ3n) is 2.45. The zero-order valence-corrected chi connectivity index (χ0v) is 10.9. The Balaban J connectivity index is 2.42. The molecule has 0 aliphatic rings. The molecule has 0 fully saturated rings. The third kappa shape index (κ3) is 5.50. The second-order valence-electron chi connectivity index (χ2n) is 3.98. The molecule has 6 heteroatoms. The molecule has 0 radical (unpaired) electrons. The summed E-state index contributed by atoms with van der Waals surface area (Å²) in [6.07, 6.45) is 0.835. The van der Waals surface area contributed by atoms with Crippen molar-refractivity contribution in [2.45, 2.75) is 6.42 Å². The Labute approximate surface area is 112 Å². The number of rotatable bonds is 8. The molecule has 0 aliphatic carbocycles. The van der Waals surface area contributed by atoms with Crippen molar-refractivity contribution >= 4 is 17.5 Å². The van der Waals surface area contributed by atoms with Crippen molar-refractivity contribution < 1.29 is 14.3 Å². The molecule has 0 bridgehead atoms. The summed E-state index contributed by atoms with van der Waals surface area (Å²) < 4.78 is 4.89. The molecule has 104 valence electrons. The number of hydrogen-bond donors (Lipinski definition) is 3. The average molecular weight is 265 g/mol. The summed E-state index contributed by atoms with van der Waals surface area (Å²) in [4.78, 5) is 22.8. The lowest BCUT2D eigenvalue weighted by atomic mass is 10.1. The maximum absolute atomic E-state index is 11.7. The Morgan fingerprint density at radius 1 is 1.32 bits per heavy atom. The minimum Gasteiger partial charge on any atom is -0.385 e. The fourth-order valence-electron chi connectivity index (χ4n) is 1.54. The van der Waals surface area contributed by atoms with Gasteiger partial charge in [-0.05, 0) is 25.1 Å². The van der Waals surface area contributed by atoms with Gasteiger partial charge in [0.2, 0.25) is 5.91 Å². The predicted octanol–water partition coefficient (Wildman–Crippen LogP) is 0.350. The molecule has 0 unspecified atom stereocenters. The summed E-state index contributed by atoms with van der Waals surface area (Å²) in [5, 5.41) is 5.63. The molecule has 19 heavy (non-hydrogen) atoms. The Morgan fingerprint density at radius 2 is 2.05 bits per heavy atom. The van der Waals surface area contributed by atoms with Gasteiger partial charge in [-0.15, -0.1) is 0 Å². The van der Waals surface area contributed by atoms with Crippen LogP contribution in [0.25, 0.3) is 0 Å². The number of carbonyl (C=O) groups is 2. The number of nitrogens with one attached hydrogen (secondary N) is 2. The smallest absolute Gasteiger partial charge is 0.250 e. The maximum Gasteiger partial charge on any atom is 0.250 e. The van der Waals surface area contributed by atoms with Crippen molar-refractivity contribution in [1.29, 1.82) is 0 Å². The number of methoxy groups -OCH3 is 1. The summed E-state index contributed by atoms with van der Waals surface area (Å²) in [7, 11) is 1.63. The number of primary amides is 1. The summed E-state index contributed by atoms with van der Waals surface area (Å²) in [5.41, 5.74) is 5.96. The fraction of sp³-hybridized carbons (Fsp3) is 0.385. The van der Waals surface area contributed by atoms with Gasteiger partial charge in [-0.3, -0.25) is 9.59 Å². The van der Waals surface area contributed by atoms with E-state index in [2.05, 4.69) is 10.6 Å². The quantitative estimate of drug-likeness (QED) is 0.591. The van der Waals surface area contributed by atoms with Gasteiger partial charge in [0.25, 0.3) is 5.91 Å². The molecule has 1 aromatic rings. The van der Waals surface area contributed by atoms with Crippen LogP contribution in [0.4, 0.5) is 5.69 Å². The second kappa shape index (κ2) is 8.23. The van der Waals surface area contributed by atoms with Gasteiger partial charge in [0.05, 0.1) is 17.8 Å². The summed E-state index contributed by atoms with van der Waals surface area (Å²) in [5.74, 6) is -0.782. The summed E-state index contributed by atoms with van der Waals surface area (Å²) in [6.45, 7) is 1.52. The maximum atomic E-state index is 11.7. The van der Waals surface area contributed by atoms with Crippen molar-refractivity contribution in [2.24, 2.45) is 5.73 Å². The molecule has 6 nitrogen and oxygen atoms in total. The molecule has 0 atom stereocenters. The van der Waals surface area contributed by atoms with Gasteiger partial charge in [-0.2, -0.15) is 0 Å². The highest BCUT2D eigenvalue weighted by Crippen LogP contribution is 2.13. The van der Waals surface area contributed by atoms with Gasteiger partial charge < -0.3 is 21.1 Å². The van der Waals surface area contributed by atoms with Gasteiger partial charge in [0.15, 0.2) is 0 Å². The van der Waals surface area contributed by atoms with Gasteiger partial charge >= 0.3 is 0 Å². The number of benzene rings is 1. The molecular weight excluding hydrogens is 246 g/mol. The third-order valence-corrected chi connectivity index (χ3v) is 2.45. The largest absolute Gasteiger partial charge is 0.385 e. The number of amides is 2. The molecule has 0 heterocycles. The van der Waals surface area contributed by atoms with Crippen LogP contribution in [-0.4, -0.2) is 38.6 Å². The number of para-hydroxylation sites is 1. The first kappa shape index (κ1) is 15.1. The van der Waals surface area contributed by atoms with Crippen LogP contribution in [0.1, 0.15) is 16.8 Å². The van der Waals surface area contributed by atoms with Gasteiger partial charge in [0.1, 0.15) is 0 Å². The van der Waals surface area contributed by atoms with Gasteiger partial charge in [0, 0.05) is 13.7 Å². The molecule has 0 saturated heterocycles. The van der Waals surface area contributed by atoms with Crippen LogP contribution < -0.4 is 16.4 Å². The van der Waals surface area contributed by atoms with Crippen molar-refractivity contribution in [1.82, 2.24) is 5.32 Å². The van der Waals surface area contributed by atoms with Crippen LogP contribution in [0.2, 0.25) is 0 Å². The lowest BCUT2D eigenvalue weighted by molar-refractivity contribution is -0.115. The highest BCUT2D eigenvalue weighted by Gasteiger charge is 2.09. The van der Waals surface area contributed by atoms with E-state index in [-0.39, 0.29) is 12.5 Å². The van der Waals surface area contributed by atoms with Crippen LogP contribution in [0.5, 0.6) is 0 Å². The molecule has 1 rings (SSSR count). The topological polar surface area (TPSA) is 93.4 Å². The van der Waals surface area contributed by atoms with Crippen molar-refractivity contribution in [3.63, 3.8) is 0 Å². The molecule has 0 aromatic heterocycles. The van der Waals surface area contributed by atoms with Crippen LogP contribution >= 0.6 is 0 Å². The molecule has 4 N–H and O–H groups in total. The lowest BCUT2D eigenvalue weighted by Crippen LogP contribution is -2.30. The Hall–Kier alpha value is -1.92. The Kier molecular flexibility index (Phi) is 6.56. The zero-order chi connectivity index (χ0) is 14.1. The van der Waals surface area contributed by atoms with Gasteiger partial charge in [-0.1, -0.05) is 12.1 Å². The van der Waals surface area contributed by atoms with E-state index in [0.717, 1.165) is 6.42 Å². The van der Waals surface area contributed by atoms with Crippen molar-refractivity contribution in [3.05, 3.63) is 29.8 Å². The number of nitrogens with two attached hydrogens (primary N) is 1. The molecule has 0 saturated carbocycles. The standard InChI is InChI=1S/C13H19N3O3/c1-19-8-4-7-15-9-12(17)16-11-6-3-2-5-10(11)13(14)18/h2-3,5-6,15H,4,7-9H2,1H3,(H2,14,18)(H,16,17). The number of hydrogen-bond acceptors (Lipinski definition) is 4. The van der Waals surface area contributed by atoms with Gasteiger partial charge in [-0.25, -0.2) is 0 Å². The summed E-state index contributed by atoms with van der Waals surface area (Å²) >= 11 is 0. The highest BCUT2D eigenvalue weighted by molar-refractivity contribution is 6.03. The second-order valence-corrected chi connectivity index (χ2v) is 3.98. The average Bonchev–Trinajstić information content (AvgIpc) is 2.39. The first-order chi connectivity index (χ1) is 9.15. The van der Waals surface area contributed by atoms with E-state index in [4.69, 9.17) is 10.5 Å². The first-order valence-electron chi connectivity index (χ1n) is 6.03. The molecule has 0 aliphatic heterocycles. The fourth-order valence-corrected chi connectivity index (χ4v) is 1.54. The normalized spacial score (nSPS) is 10.2. The molecule has 0 spiro atoms. The van der Waals surface area contributed by atoms with Crippen LogP contribution in [0, 0.1) is 0 Å². The van der Waals surface area contributed by atoms with E-state index in [0.29, 0.717) is 24.4 Å². The SMILES string of the molecule is COCCCNCC(=O)Nc1ccccc1C(N)=O. The van der Waals surface area contributed by atoms with Crippen LogP contribution in [0.3, 0.4) is 0 Å². The van der Waals surface area contributed by atoms with Crippen molar-refractivity contribution in [2.75, 3.05) is 32.1 Å².